The molecule has 2 rings (SSSR count). The lowest BCUT2D eigenvalue weighted by molar-refractivity contribution is -0.131. The zero-order valence-corrected chi connectivity index (χ0v) is 18.7. The third-order valence-electron chi connectivity index (χ3n) is 5.79. The van der Waals surface area contributed by atoms with E-state index in [1.54, 1.807) is 0 Å². The molecule has 0 spiro atoms. The molecule has 1 amide bonds. The van der Waals surface area contributed by atoms with E-state index in [-0.39, 0.29) is 17.6 Å². The van der Waals surface area contributed by atoms with E-state index in [1.807, 2.05) is 44.2 Å². The molecule has 28 heavy (non-hydrogen) atoms. The van der Waals surface area contributed by atoms with Gasteiger partial charge in [-0.3, -0.25) is 9.59 Å². The van der Waals surface area contributed by atoms with E-state index >= 15 is 0 Å². The highest BCUT2D eigenvalue weighted by molar-refractivity contribution is 5.90. The molecule has 3 heteroatoms. The summed E-state index contributed by atoms with van der Waals surface area (Å²) in [6.07, 6.45) is 7.29. The summed E-state index contributed by atoms with van der Waals surface area (Å²) in [5, 5.41) is 3.11. The Labute approximate surface area is 172 Å². The van der Waals surface area contributed by atoms with Crippen molar-refractivity contribution in [3.05, 3.63) is 35.9 Å². The van der Waals surface area contributed by atoms with Crippen LogP contribution in [0.25, 0.3) is 0 Å². The molecule has 1 fully saturated rings. The van der Waals surface area contributed by atoms with Crippen molar-refractivity contribution < 1.29 is 9.59 Å². The van der Waals surface area contributed by atoms with Crippen LogP contribution in [0.5, 0.6) is 0 Å². The molecule has 1 aromatic carbocycles. The Kier molecular flexibility index (Phi) is 11.8. The molecular weight excluding hydrogens is 346 g/mol. The second-order valence-electron chi connectivity index (χ2n) is 8.19. The first kappa shape index (κ1) is 24.4. The predicted octanol–water partition coefficient (Wildman–Crippen LogP) is 5.96. The first-order valence-corrected chi connectivity index (χ1v) is 11.4. The van der Waals surface area contributed by atoms with E-state index in [9.17, 15) is 9.59 Å². The van der Waals surface area contributed by atoms with Gasteiger partial charge in [0.1, 0.15) is 0 Å². The Morgan fingerprint density at radius 1 is 1.11 bits per heavy atom. The Bertz CT molecular complexity index is 567. The van der Waals surface area contributed by atoms with Crippen LogP contribution in [0.4, 0.5) is 0 Å². The number of rotatable bonds is 9. The highest BCUT2D eigenvalue weighted by Gasteiger charge is 2.31. The number of ketones is 1. The van der Waals surface area contributed by atoms with Gasteiger partial charge in [0.25, 0.3) is 0 Å². The number of hydrogen-bond donors (Lipinski definition) is 1. The van der Waals surface area contributed by atoms with Crippen LogP contribution in [0.15, 0.2) is 30.3 Å². The van der Waals surface area contributed by atoms with E-state index in [2.05, 4.69) is 26.1 Å². The van der Waals surface area contributed by atoms with Gasteiger partial charge >= 0.3 is 0 Å². The van der Waals surface area contributed by atoms with Crippen molar-refractivity contribution in [3.63, 3.8) is 0 Å². The van der Waals surface area contributed by atoms with E-state index in [1.165, 1.54) is 6.42 Å². The highest BCUT2D eigenvalue weighted by Crippen LogP contribution is 2.33. The number of hydrogen-bond acceptors (Lipinski definition) is 2. The van der Waals surface area contributed by atoms with Crippen molar-refractivity contribution in [3.8, 4) is 0 Å². The number of carbonyl (C=O) groups excluding carboxylic acids is 2. The quantitative estimate of drug-likeness (QED) is 0.568. The molecule has 1 aromatic rings. The lowest BCUT2D eigenvalue weighted by atomic mass is 9.76. The molecule has 0 bridgehead atoms. The topological polar surface area (TPSA) is 46.2 Å². The smallest absolute Gasteiger partial charge is 0.223 e. The summed E-state index contributed by atoms with van der Waals surface area (Å²) in [4.78, 5) is 25.6. The molecule has 158 valence electrons. The normalized spacial score (nSPS) is 20.1. The van der Waals surface area contributed by atoms with Gasteiger partial charge in [0, 0.05) is 12.3 Å². The highest BCUT2D eigenvalue weighted by atomic mass is 16.2. The lowest BCUT2D eigenvalue weighted by Gasteiger charge is -2.31. The number of benzene rings is 1. The van der Waals surface area contributed by atoms with E-state index < -0.39 is 6.04 Å². The molecule has 1 aliphatic carbocycles. The second kappa shape index (κ2) is 13.5. The average molecular weight is 388 g/mol. The predicted molar refractivity (Wildman–Crippen MR) is 118 cm³/mol. The summed E-state index contributed by atoms with van der Waals surface area (Å²) in [5.74, 6) is 1.56. The van der Waals surface area contributed by atoms with E-state index in [0.29, 0.717) is 24.7 Å². The minimum Gasteiger partial charge on any atom is -0.346 e. The van der Waals surface area contributed by atoms with Crippen molar-refractivity contribution in [2.75, 3.05) is 0 Å². The van der Waals surface area contributed by atoms with E-state index in [0.717, 1.165) is 37.7 Å². The van der Waals surface area contributed by atoms with Gasteiger partial charge in [-0.05, 0) is 43.1 Å². The average Bonchev–Trinajstić information content (AvgIpc) is 2.73. The molecule has 0 saturated heterocycles. The fourth-order valence-corrected chi connectivity index (χ4v) is 3.98. The molecule has 1 saturated carbocycles. The molecule has 0 heterocycles. The van der Waals surface area contributed by atoms with Crippen LogP contribution < -0.4 is 5.32 Å². The maximum atomic E-state index is 12.9. The Hall–Kier alpha value is -1.64. The standard InChI is InChI=1S/C23H35NO2.C2H6/c1-4-5-14-22(25)21(15-18-10-7-6-8-11-18)24-23(26)20-13-9-12-19(16-20)17(2)3;1-2/h6-8,10-11,17,19-21H,4-5,9,12-16H2,1-3H3,(H,24,26);1-2H3/t19?,20-,21+;/m0./s1. The van der Waals surface area contributed by atoms with Crippen molar-refractivity contribution in [2.24, 2.45) is 17.8 Å². The van der Waals surface area contributed by atoms with Crippen LogP contribution in [-0.4, -0.2) is 17.7 Å². The van der Waals surface area contributed by atoms with Gasteiger partial charge < -0.3 is 5.32 Å². The van der Waals surface area contributed by atoms with Crippen molar-refractivity contribution >= 4 is 11.7 Å². The molecular formula is C25H41NO2. The fourth-order valence-electron chi connectivity index (χ4n) is 3.98. The number of unbranched alkanes of at least 4 members (excludes halogenated alkanes) is 1. The monoisotopic (exact) mass is 387 g/mol. The third-order valence-corrected chi connectivity index (χ3v) is 5.79. The Morgan fingerprint density at radius 2 is 1.79 bits per heavy atom. The van der Waals surface area contributed by atoms with Crippen molar-refractivity contribution in [1.82, 2.24) is 5.32 Å². The molecule has 3 atom stereocenters. The van der Waals surface area contributed by atoms with Gasteiger partial charge in [0.05, 0.1) is 6.04 Å². The molecule has 1 aliphatic rings. The van der Waals surface area contributed by atoms with Crippen molar-refractivity contribution in [2.45, 2.75) is 92.0 Å². The van der Waals surface area contributed by atoms with Crippen LogP contribution in [0.1, 0.15) is 85.1 Å². The van der Waals surface area contributed by atoms with Gasteiger partial charge in [0.2, 0.25) is 5.91 Å². The number of carbonyl (C=O) groups is 2. The minimum absolute atomic E-state index is 0.0633. The Morgan fingerprint density at radius 3 is 2.39 bits per heavy atom. The number of amides is 1. The van der Waals surface area contributed by atoms with Gasteiger partial charge in [-0.1, -0.05) is 84.2 Å². The van der Waals surface area contributed by atoms with Crippen LogP contribution in [0, 0.1) is 17.8 Å². The zero-order chi connectivity index (χ0) is 20.9. The third kappa shape index (κ3) is 8.16. The summed E-state index contributed by atoms with van der Waals surface area (Å²) >= 11 is 0. The van der Waals surface area contributed by atoms with Gasteiger partial charge in [0.15, 0.2) is 5.78 Å². The fraction of sp³-hybridized carbons (Fsp3) is 0.680. The van der Waals surface area contributed by atoms with E-state index in [4.69, 9.17) is 0 Å². The largest absolute Gasteiger partial charge is 0.346 e. The summed E-state index contributed by atoms with van der Waals surface area (Å²) in [6.45, 7) is 10.6. The summed E-state index contributed by atoms with van der Waals surface area (Å²) in [6, 6.07) is 9.61. The minimum atomic E-state index is -0.393. The van der Waals surface area contributed by atoms with Crippen LogP contribution in [-0.2, 0) is 16.0 Å². The molecule has 1 N–H and O–H groups in total. The summed E-state index contributed by atoms with van der Waals surface area (Å²) in [7, 11) is 0. The van der Waals surface area contributed by atoms with Crippen LogP contribution in [0.3, 0.4) is 0 Å². The van der Waals surface area contributed by atoms with Gasteiger partial charge in [-0.2, -0.15) is 0 Å². The van der Waals surface area contributed by atoms with Gasteiger partial charge in [-0.25, -0.2) is 0 Å². The van der Waals surface area contributed by atoms with Gasteiger partial charge in [-0.15, -0.1) is 0 Å². The molecule has 3 nitrogen and oxygen atoms in total. The summed E-state index contributed by atoms with van der Waals surface area (Å²) < 4.78 is 0. The number of nitrogens with one attached hydrogen (secondary N) is 1. The van der Waals surface area contributed by atoms with Crippen molar-refractivity contribution in [1.29, 1.82) is 0 Å². The Balaban J connectivity index is 0.00000190. The zero-order valence-electron chi connectivity index (χ0n) is 18.7. The maximum absolute atomic E-state index is 12.9. The second-order valence-corrected chi connectivity index (χ2v) is 8.19. The number of Topliss-reactive ketones (excluding diaryl/α,β-unsaturated/α-hetero) is 1. The molecule has 0 aliphatic heterocycles. The first-order valence-electron chi connectivity index (χ1n) is 11.4. The maximum Gasteiger partial charge on any atom is 0.223 e. The molecule has 0 radical (unpaired) electrons. The summed E-state index contributed by atoms with van der Waals surface area (Å²) in [5.41, 5.74) is 1.10. The van der Waals surface area contributed by atoms with Crippen LogP contribution >= 0.6 is 0 Å². The molecule has 0 aromatic heterocycles. The SMILES string of the molecule is CC.CCCCC(=O)[C@@H](Cc1ccccc1)NC(=O)[C@H]1CCCC(C(C)C)C1. The lowest BCUT2D eigenvalue weighted by Crippen LogP contribution is -2.46. The van der Waals surface area contributed by atoms with Crippen LogP contribution in [0.2, 0.25) is 0 Å². The molecule has 1 unspecified atom stereocenters. The first-order chi connectivity index (χ1) is 13.5.